The van der Waals surface area contributed by atoms with Crippen LogP contribution in [0, 0.1) is 13.8 Å². The summed E-state index contributed by atoms with van der Waals surface area (Å²) in [5.41, 5.74) is 8.67. The van der Waals surface area contributed by atoms with Crippen molar-refractivity contribution in [1.29, 1.82) is 0 Å². The summed E-state index contributed by atoms with van der Waals surface area (Å²) in [5, 5.41) is 4.84. The Morgan fingerprint density at radius 2 is 1.28 bits per heavy atom. The van der Waals surface area contributed by atoms with Crippen molar-refractivity contribution in [1.82, 2.24) is 14.7 Å². The van der Waals surface area contributed by atoms with Gasteiger partial charge in [0.05, 0.1) is 22.8 Å². The van der Waals surface area contributed by atoms with Gasteiger partial charge in [0, 0.05) is 32.7 Å². The zero-order valence-corrected chi connectivity index (χ0v) is 18.9. The van der Waals surface area contributed by atoms with Gasteiger partial charge in [0.15, 0.2) is 0 Å². The highest BCUT2D eigenvalue weighted by atomic mass is 15.3. The molecule has 5 rings (SSSR count). The van der Waals surface area contributed by atoms with E-state index in [-0.39, 0.29) is 0 Å². The number of hydrogen-bond acceptors (Lipinski definition) is 3. The number of piperazine rings is 1. The van der Waals surface area contributed by atoms with Crippen LogP contribution in [0.3, 0.4) is 0 Å². The van der Waals surface area contributed by atoms with Crippen LogP contribution in [-0.4, -0.2) is 40.9 Å². The van der Waals surface area contributed by atoms with Crippen LogP contribution in [0.2, 0.25) is 0 Å². The van der Waals surface area contributed by atoms with Crippen LogP contribution >= 0.6 is 0 Å². The smallest absolute Gasteiger partial charge is 0.0834 e. The molecule has 2 heterocycles. The molecule has 0 radical (unpaired) electrons. The number of benzene rings is 3. The number of hydrogen-bond donors (Lipinski definition) is 0. The molecule has 0 amide bonds. The molecule has 0 N–H and O–H groups in total. The minimum atomic E-state index is 1.00. The summed E-state index contributed by atoms with van der Waals surface area (Å²) in [5.74, 6) is 0. The van der Waals surface area contributed by atoms with Gasteiger partial charge in [-0.3, -0.25) is 4.90 Å². The van der Waals surface area contributed by atoms with Gasteiger partial charge >= 0.3 is 0 Å². The number of rotatable bonds is 5. The molecule has 1 fully saturated rings. The van der Waals surface area contributed by atoms with Crippen molar-refractivity contribution in [2.75, 3.05) is 31.1 Å². The highest BCUT2D eigenvalue weighted by Crippen LogP contribution is 2.28. The quantitative estimate of drug-likeness (QED) is 0.426. The molecule has 1 aliphatic heterocycles. The van der Waals surface area contributed by atoms with Crippen LogP contribution in [0.4, 0.5) is 5.69 Å². The maximum absolute atomic E-state index is 4.84. The van der Waals surface area contributed by atoms with Crippen molar-refractivity contribution in [3.8, 4) is 16.8 Å². The molecule has 0 bridgehead atoms. The lowest BCUT2D eigenvalue weighted by molar-refractivity contribution is 0.249. The van der Waals surface area contributed by atoms with Gasteiger partial charge in [-0.1, -0.05) is 72.8 Å². The molecule has 0 saturated carbocycles. The van der Waals surface area contributed by atoms with E-state index in [4.69, 9.17) is 5.10 Å². The SMILES string of the molecule is Cc1nn(-c2ccccc2)c(C)c1N1CCN(Cc2ccc(-c3ccccc3)cc2)CC1. The van der Waals surface area contributed by atoms with Crippen LogP contribution in [0.15, 0.2) is 84.9 Å². The molecule has 3 aromatic carbocycles. The molecule has 4 aromatic rings. The lowest BCUT2D eigenvalue weighted by Crippen LogP contribution is -2.46. The first-order valence-corrected chi connectivity index (χ1v) is 11.4. The third kappa shape index (κ3) is 4.19. The normalized spacial score (nSPS) is 14.6. The summed E-state index contributed by atoms with van der Waals surface area (Å²) >= 11 is 0. The van der Waals surface area contributed by atoms with Gasteiger partial charge in [0.2, 0.25) is 0 Å². The van der Waals surface area contributed by atoms with Crippen LogP contribution in [0.5, 0.6) is 0 Å². The van der Waals surface area contributed by atoms with Gasteiger partial charge in [0.1, 0.15) is 0 Å². The highest BCUT2D eigenvalue weighted by molar-refractivity contribution is 5.63. The lowest BCUT2D eigenvalue weighted by Gasteiger charge is -2.36. The van der Waals surface area contributed by atoms with Gasteiger partial charge in [-0.2, -0.15) is 5.10 Å². The van der Waals surface area contributed by atoms with Crippen molar-refractivity contribution in [3.63, 3.8) is 0 Å². The Morgan fingerprint density at radius 1 is 0.688 bits per heavy atom. The van der Waals surface area contributed by atoms with Crippen molar-refractivity contribution >= 4 is 5.69 Å². The fraction of sp³-hybridized carbons (Fsp3) is 0.250. The van der Waals surface area contributed by atoms with E-state index < -0.39 is 0 Å². The molecule has 0 spiro atoms. The third-order valence-electron chi connectivity index (χ3n) is 6.41. The first kappa shape index (κ1) is 20.5. The number of aryl methyl sites for hydroxylation is 1. The predicted molar refractivity (Wildman–Crippen MR) is 132 cm³/mol. The number of para-hydroxylation sites is 1. The van der Waals surface area contributed by atoms with E-state index in [1.54, 1.807) is 0 Å². The van der Waals surface area contributed by atoms with E-state index in [0.29, 0.717) is 0 Å². The van der Waals surface area contributed by atoms with Gasteiger partial charge in [-0.25, -0.2) is 4.68 Å². The Labute approximate surface area is 190 Å². The number of aromatic nitrogens is 2. The number of anilines is 1. The Balaban J connectivity index is 1.23. The van der Waals surface area contributed by atoms with Crippen molar-refractivity contribution in [2.24, 2.45) is 0 Å². The average Bonchev–Trinajstić information content (AvgIpc) is 3.15. The van der Waals surface area contributed by atoms with Crippen LogP contribution in [-0.2, 0) is 6.54 Å². The molecule has 162 valence electrons. The Kier molecular flexibility index (Phi) is 5.78. The van der Waals surface area contributed by atoms with E-state index in [1.807, 2.05) is 6.07 Å². The second-order valence-corrected chi connectivity index (χ2v) is 8.59. The second kappa shape index (κ2) is 9.01. The second-order valence-electron chi connectivity index (χ2n) is 8.59. The van der Waals surface area contributed by atoms with E-state index >= 15 is 0 Å². The first-order valence-electron chi connectivity index (χ1n) is 11.4. The zero-order valence-electron chi connectivity index (χ0n) is 18.9. The minimum absolute atomic E-state index is 1.00. The standard InChI is InChI=1S/C28H30N4/c1-22-28(23(2)32(29-22)27-11-7-4-8-12-27)31-19-17-30(18-20-31)21-24-13-15-26(16-14-24)25-9-5-3-6-10-25/h3-16H,17-21H2,1-2H3. The van der Waals surface area contributed by atoms with Crippen LogP contribution in [0.25, 0.3) is 16.8 Å². The Hall–Kier alpha value is -3.37. The minimum Gasteiger partial charge on any atom is -0.366 e. The zero-order chi connectivity index (χ0) is 21.9. The first-order chi connectivity index (χ1) is 15.7. The summed E-state index contributed by atoms with van der Waals surface area (Å²) in [6, 6.07) is 30.0. The summed E-state index contributed by atoms with van der Waals surface area (Å²) in [4.78, 5) is 5.06. The molecule has 4 heteroatoms. The van der Waals surface area contributed by atoms with Gasteiger partial charge < -0.3 is 4.90 Å². The highest BCUT2D eigenvalue weighted by Gasteiger charge is 2.23. The maximum atomic E-state index is 4.84. The van der Waals surface area contributed by atoms with Crippen molar-refractivity contribution in [2.45, 2.75) is 20.4 Å². The molecule has 1 aromatic heterocycles. The average molecular weight is 423 g/mol. The number of nitrogens with zero attached hydrogens (tertiary/aromatic N) is 4. The third-order valence-corrected chi connectivity index (χ3v) is 6.41. The maximum Gasteiger partial charge on any atom is 0.0834 e. The predicted octanol–water partition coefficient (Wildman–Crippen LogP) is 5.48. The Bertz CT molecular complexity index is 1160. The summed E-state index contributed by atoms with van der Waals surface area (Å²) < 4.78 is 2.07. The summed E-state index contributed by atoms with van der Waals surface area (Å²) in [6.45, 7) is 9.51. The molecule has 1 saturated heterocycles. The molecule has 0 unspecified atom stereocenters. The molecule has 4 nitrogen and oxygen atoms in total. The molecular weight excluding hydrogens is 392 g/mol. The Morgan fingerprint density at radius 3 is 1.94 bits per heavy atom. The van der Waals surface area contributed by atoms with E-state index in [2.05, 4.69) is 107 Å². The molecule has 0 aliphatic carbocycles. The summed E-state index contributed by atoms with van der Waals surface area (Å²) in [6.07, 6.45) is 0. The lowest BCUT2D eigenvalue weighted by atomic mass is 10.0. The topological polar surface area (TPSA) is 24.3 Å². The van der Waals surface area contributed by atoms with Gasteiger partial charge in [-0.15, -0.1) is 0 Å². The fourth-order valence-corrected chi connectivity index (χ4v) is 4.73. The van der Waals surface area contributed by atoms with Gasteiger partial charge in [-0.05, 0) is 42.7 Å². The van der Waals surface area contributed by atoms with Crippen molar-refractivity contribution in [3.05, 3.63) is 102 Å². The van der Waals surface area contributed by atoms with E-state index in [1.165, 1.54) is 28.1 Å². The molecule has 1 aliphatic rings. The van der Waals surface area contributed by atoms with E-state index in [9.17, 15) is 0 Å². The van der Waals surface area contributed by atoms with Crippen LogP contribution in [0.1, 0.15) is 17.0 Å². The largest absolute Gasteiger partial charge is 0.366 e. The van der Waals surface area contributed by atoms with E-state index in [0.717, 1.165) is 44.1 Å². The monoisotopic (exact) mass is 422 g/mol. The fourth-order valence-electron chi connectivity index (χ4n) is 4.73. The molecular formula is C28H30N4. The molecule has 32 heavy (non-hydrogen) atoms. The van der Waals surface area contributed by atoms with Crippen molar-refractivity contribution < 1.29 is 0 Å². The van der Waals surface area contributed by atoms with Gasteiger partial charge in [0.25, 0.3) is 0 Å². The van der Waals surface area contributed by atoms with Crippen LogP contribution < -0.4 is 4.90 Å². The summed E-state index contributed by atoms with van der Waals surface area (Å²) in [7, 11) is 0. The molecule has 0 atom stereocenters.